The lowest BCUT2D eigenvalue weighted by atomic mass is 10.2. The highest BCUT2D eigenvalue weighted by atomic mass is 16.2. The van der Waals surface area contributed by atoms with Crippen molar-refractivity contribution in [1.82, 2.24) is 9.88 Å². The fourth-order valence-corrected chi connectivity index (χ4v) is 2.54. The predicted molar refractivity (Wildman–Crippen MR) is 83.0 cm³/mol. The number of nitrogens with zero attached hydrogens (tertiary/aromatic N) is 4. The van der Waals surface area contributed by atoms with Crippen LogP contribution in [0, 0.1) is 11.3 Å². The summed E-state index contributed by atoms with van der Waals surface area (Å²) < 4.78 is 0. The molecular weight excluding hydrogens is 276 g/mol. The Kier molecular flexibility index (Phi) is 4.01. The molecule has 110 valence electrons. The highest BCUT2D eigenvalue weighted by molar-refractivity contribution is 5.82. The lowest BCUT2D eigenvalue weighted by Gasteiger charge is -2.35. The molecule has 1 aromatic carbocycles. The highest BCUT2D eigenvalue weighted by Crippen LogP contribution is 2.16. The third kappa shape index (κ3) is 3.07. The van der Waals surface area contributed by atoms with Gasteiger partial charge in [0.1, 0.15) is 17.6 Å². The molecule has 0 spiro atoms. The highest BCUT2D eigenvalue weighted by Gasteiger charge is 2.24. The van der Waals surface area contributed by atoms with Crippen molar-refractivity contribution < 1.29 is 4.79 Å². The van der Waals surface area contributed by atoms with E-state index in [1.807, 2.05) is 52.3 Å². The van der Waals surface area contributed by atoms with Gasteiger partial charge in [-0.3, -0.25) is 4.79 Å². The van der Waals surface area contributed by atoms with Crippen molar-refractivity contribution in [2.45, 2.75) is 6.54 Å². The van der Waals surface area contributed by atoms with Crippen molar-refractivity contribution in [2.75, 3.05) is 24.5 Å². The summed E-state index contributed by atoms with van der Waals surface area (Å²) in [5.41, 5.74) is 1.51. The van der Waals surface area contributed by atoms with Crippen molar-refractivity contribution in [1.29, 1.82) is 5.26 Å². The molecule has 1 amide bonds. The van der Waals surface area contributed by atoms with E-state index in [2.05, 4.69) is 4.98 Å². The maximum Gasteiger partial charge on any atom is 0.242 e. The first-order valence-corrected chi connectivity index (χ1v) is 7.20. The Labute approximate surface area is 129 Å². The molecule has 1 saturated heterocycles. The zero-order chi connectivity index (χ0) is 15.4. The smallest absolute Gasteiger partial charge is 0.242 e. The first-order valence-electron chi connectivity index (χ1n) is 7.20. The van der Waals surface area contributed by atoms with Crippen LogP contribution in [0.1, 0.15) is 11.3 Å². The molecule has 1 aliphatic heterocycles. The Morgan fingerprint density at radius 3 is 2.64 bits per heavy atom. The van der Waals surface area contributed by atoms with Crippen molar-refractivity contribution in [3.05, 3.63) is 59.8 Å². The molecule has 3 rings (SSSR count). The minimum Gasteiger partial charge on any atom is -0.345 e. The van der Waals surface area contributed by atoms with Crippen LogP contribution in [-0.4, -0.2) is 35.4 Å². The van der Waals surface area contributed by atoms with Gasteiger partial charge in [-0.05, 0) is 17.7 Å². The number of pyridine rings is 1. The topological polar surface area (TPSA) is 60.2 Å². The Balaban J connectivity index is 1.67. The van der Waals surface area contributed by atoms with Crippen LogP contribution in [0.25, 0.3) is 0 Å². The maximum absolute atomic E-state index is 12.3. The van der Waals surface area contributed by atoms with E-state index in [-0.39, 0.29) is 5.91 Å². The average molecular weight is 292 g/mol. The van der Waals surface area contributed by atoms with Gasteiger partial charge in [0.05, 0.1) is 6.54 Å². The minimum atomic E-state index is 0.0827. The third-order valence-corrected chi connectivity index (χ3v) is 3.71. The van der Waals surface area contributed by atoms with Gasteiger partial charge in [0.2, 0.25) is 5.91 Å². The van der Waals surface area contributed by atoms with Crippen molar-refractivity contribution in [3.8, 4) is 6.07 Å². The SMILES string of the molecule is N#Cc1cccc(N2CCN(Cc3ccccc3)C(=O)C2)n1. The monoisotopic (exact) mass is 292 g/mol. The quantitative estimate of drug-likeness (QED) is 0.865. The van der Waals surface area contributed by atoms with Crippen molar-refractivity contribution in [2.24, 2.45) is 0 Å². The normalized spacial score (nSPS) is 14.8. The zero-order valence-corrected chi connectivity index (χ0v) is 12.1. The number of carbonyl (C=O) groups excluding carboxylic acids is 1. The summed E-state index contributed by atoms with van der Waals surface area (Å²) in [7, 11) is 0. The van der Waals surface area contributed by atoms with Gasteiger partial charge in [-0.1, -0.05) is 36.4 Å². The molecule has 0 atom stereocenters. The van der Waals surface area contributed by atoms with Gasteiger partial charge in [0.15, 0.2) is 0 Å². The number of hydrogen-bond acceptors (Lipinski definition) is 4. The molecular formula is C17H16N4O. The number of hydrogen-bond donors (Lipinski definition) is 0. The zero-order valence-electron chi connectivity index (χ0n) is 12.1. The number of anilines is 1. The van der Waals surface area contributed by atoms with Crippen LogP contribution in [0.15, 0.2) is 48.5 Å². The second-order valence-electron chi connectivity index (χ2n) is 5.22. The lowest BCUT2D eigenvalue weighted by Crippen LogP contribution is -2.50. The van der Waals surface area contributed by atoms with Crippen LogP contribution in [0.5, 0.6) is 0 Å². The minimum absolute atomic E-state index is 0.0827. The first-order chi connectivity index (χ1) is 10.8. The van der Waals surface area contributed by atoms with E-state index < -0.39 is 0 Å². The van der Waals surface area contributed by atoms with E-state index in [1.54, 1.807) is 12.1 Å². The third-order valence-electron chi connectivity index (χ3n) is 3.71. The Bertz CT molecular complexity index is 708. The van der Waals surface area contributed by atoms with Gasteiger partial charge >= 0.3 is 0 Å². The number of carbonyl (C=O) groups is 1. The van der Waals surface area contributed by atoms with E-state index in [1.165, 1.54) is 0 Å². The van der Waals surface area contributed by atoms with Gasteiger partial charge in [-0.2, -0.15) is 5.26 Å². The molecule has 2 heterocycles. The summed E-state index contributed by atoms with van der Waals surface area (Å²) in [6, 6.07) is 17.3. The van der Waals surface area contributed by atoms with Crippen molar-refractivity contribution in [3.63, 3.8) is 0 Å². The van der Waals surface area contributed by atoms with Gasteiger partial charge in [-0.25, -0.2) is 4.98 Å². The number of rotatable bonds is 3. The van der Waals surface area contributed by atoms with Crippen LogP contribution in [0.4, 0.5) is 5.82 Å². The molecule has 1 aromatic heterocycles. The van der Waals surface area contributed by atoms with Crippen molar-refractivity contribution >= 4 is 11.7 Å². The number of nitriles is 1. The summed E-state index contributed by atoms with van der Waals surface area (Å²) in [4.78, 5) is 20.4. The fourth-order valence-electron chi connectivity index (χ4n) is 2.54. The fraction of sp³-hybridized carbons (Fsp3) is 0.235. The van der Waals surface area contributed by atoms with E-state index >= 15 is 0 Å². The number of aromatic nitrogens is 1. The largest absolute Gasteiger partial charge is 0.345 e. The average Bonchev–Trinajstić information content (AvgIpc) is 2.58. The van der Waals surface area contributed by atoms with Gasteiger partial charge in [0.25, 0.3) is 0 Å². The number of benzene rings is 1. The van der Waals surface area contributed by atoms with Crippen LogP contribution in [0.2, 0.25) is 0 Å². The summed E-state index contributed by atoms with van der Waals surface area (Å²) in [5.74, 6) is 0.769. The van der Waals surface area contributed by atoms with Gasteiger partial charge in [-0.15, -0.1) is 0 Å². The molecule has 0 aliphatic carbocycles. The molecule has 1 fully saturated rings. The standard InChI is InChI=1S/C17H16N4O/c18-11-15-7-4-8-16(19-15)20-9-10-21(17(22)13-20)12-14-5-2-1-3-6-14/h1-8H,9-10,12-13H2. The van der Waals surface area contributed by atoms with E-state index in [4.69, 9.17) is 5.26 Å². The van der Waals surface area contributed by atoms with Crippen LogP contribution in [0.3, 0.4) is 0 Å². The maximum atomic E-state index is 12.3. The van der Waals surface area contributed by atoms with Crippen LogP contribution < -0.4 is 4.90 Å². The molecule has 0 bridgehead atoms. The molecule has 22 heavy (non-hydrogen) atoms. The van der Waals surface area contributed by atoms with E-state index in [0.717, 1.165) is 12.1 Å². The predicted octanol–water partition coefficient (Wildman–Crippen LogP) is 1.80. The molecule has 0 saturated carbocycles. The number of amides is 1. The van der Waals surface area contributed by atoms with E-state index in [9.17, 15) is 4.79 Å². The Morgan fingerprint density at radius 2 is 1.91 bits per heavy atom. The summed E-state index contributed by atoms with van der Waals surface area (Å²) >= 11 is 0. The summed E-state index contributed by atoms with van der Waals surface area (Å²) in [6.07, 6.45) is 0. The molecule has 5 heteroatoms. The summed E-state index contributed by atoms with van der Waals surface area (Å²) in [5, 5.41) is 8.91. The molecule has 5 nitrogen and oxygen atoms in total. The second-order valence-corrected chi connectivity index (χ2v) is 5.22. The Hall–Kier alpha value is -2.87. The van der Waals surface area contributed by atoms with E-state index in [0.29, 0.717) is 31.1 Å². The van der Waals surface area contributed by atoms with Gasteiger partial charge < -0.3 is 9.80 Å². The molecule has 0 N–H and O–H groups in total. The summed E-state index contributed by atoms with van der Waals surface area (Å²) in [6.45, 7) is 2.32. The van der Waals surface area contributed by atoms with Gasteiger partial charge in [0, 0.05) is 19.6 Å². The molecule has 0 radical (unpaired) electrons. The second kappa shape index (κ2) is 6.27. The lowest BCUT2D eigenvalue weighted by molar-refractivity contribution is -0.131. The van der Waals surface area contributed by atoms with Crippen LogP contribution >= 0.6 is 0 Å². The van der Waals surface area contributed by atoms with Crippen LogP contribution in [-0.2, 0) is 11.3 Å². The molecule has 0 unspecified atom stereocenters. The Morgan fingerprint density at radius 1 is 1.09 bits per heavy atom. The molecule has 1 aliphatic rings. The first kappa shape index (κ1) is 14.1. The molecule has 2 aromatic rings. The number of piperazine rings is 1.